The minimum absolute atomic E-state index is 0.0866. The van der Waals surface area contributed by atoms with E-state index in [0.29, 0.717) is 5.69 Å². The van der Waals surface area contributed by atoms with Crippen molar-refractivity contribution in [3.63, 3.8) is 0 Å². The van der Waals surface area contributed by atoms with E-state index in [2.05, 4.69) is 20.5 Å². The third-order valence-electron chi connectivity index (χ3n) is 4.71. The Morgan fingerprint density at radius 1 is 1.12 bits per heavy atom. The Morgan fingerprint density at radius 3 is 2.79 bits per heavy atom. The third-order valence-corrected chi connectivity index (χ3v) is 4.71. The van der Waals surface area contributed by atoms with E-state index >= 15 is 0 Å². The molecule has 1 aliphatic carbocycles. The number of benzene rings is 1. The lowest BCUT2D eigenvalue weighted by atomic mass is 9.95. The molecule has 1 aromatic carbocycles. The van der Waals surface area contributed by atoms with Gasteiger partial charge in [-0.25, -0.2) is 0 Å². The van der Waals surface area contributed by atoms with Gasteiger partial charge in [0.1, 0.15) is 0 Å². The Labute approximate surface area is 140 Å². The summed E-state index contributed by atoms with van der Waals surface area (Å²) in [7, 11) is 0. The highest BCUT2D eigenvalue weighted by atomic mass is 16.2. The van der Waals surface area contributed by atoms with E-state index in [9.17, 15) is 4.79 Å². The molecule has 1 amide bonds. The highest BCUT2D eigenvalue weighted by Crippen LogP contribution is 2.25. The molecule has 0 radical (unpaired) electrons. The number of H-pyrrole nitrogens is 1. The quantitative estimate of drug-likeness (QED) is 0.773. The van der Waals surface area contributed by atoms with Crippen LogP contribution in [0.5, 0.6) is 0 Å². The molecule has 5 heteroatoms. The van der Waals surface area contributed by atoms with Crippen LogP contribution in [-0.2, 0) is 0 Å². The van der Waals surface area contributed by atoms with E-state index in [-0.39, 0.29) is 11.9 Å². The predicted octanol–water partition coefficient (Wildman–Crippen LogP) is 3.69. The van der Waals surface area contributed by atoms with E-state index < -0.39 is 0 Å². The van der Waals surface area contributed by atoms with Crippen LogP contribution in [-0.4, -0.2) is 27.1 Å². The number of aromatic nitrogens is 3. The van der Waals surface area contributed by atoms with Crippen molar-refractivity contribution in [1.29, 1.82) is 0 Å². The summed E-state index contributed by atoms with van der Waals surface area (Å²) in [6.45, 7) is 0. The van der Waals surface area contributed by atoms with Gasteiger partial charge in [-0.3, -0.25) is 14.9 Å². The van der Waals surface area contributed by atoms with Crippen molar-refractivity contribution in [2.24, 2.45) is 0 Å². The van der Waals surface area contributed by atoms with Gasteiger partial charge in [0.05, 0.1) is 5.52 Å². The molecule has 0 unspecified atom stereocenters. The monoisotopic (exact) mass is 320 g/mol. The molecule has 5 nitrogen and oxygen atoms in total. The van der Waals surface area contributed by atoms with Crippen LogP contribution in [0.15, 0.2) is 42.7 Å². The van der Waals surface area contributed by atoms with Crippen molar-refractivity contribution >= 4 is 16.8 Å². The van der Waals surface area contributed by atoms with E-state index in [4.69, 9.17) is 0 Å². The number of nitrogens with zero attached hydrogens (tertiary/aromatic N) is 2. The number of rotatable bonds is 3. The summed E-state index contributed by atoms with van der Waals surface area (Å²) in [5.74, 6) is -0.0866. The molecule has 2 N–H and O–H groups in total. The zero-order valence-corrected chi connectivity index (χ0v) is 13.5. The van der Waals surface area contributed by atoms with Crippen molar-refractivity contribution < 1.29 is 4.79 Å². The average Bonchev–Trinajstić information content (AvgIpc) is 3.06. The molecule has 0 atom stereocenters. The lowest BCUT2D eigenvalue weighted by Gasteiger charge is -2.22. The molecule has 3 aromatic rings. The zero-order chi connectivity index (χ0) is 16.4. The summed E-state index contributed by atoms with van der Waals surface area (Å²) in [5.41, 5.74) is 3.40. The number of fused-ring (bicyclic) bond motifs is 1. The van der Waals surface area contributed by atoms with Crippen LogP contribution in [0.4, 0.5) is 0 Å². The van der Waals surface area contributed by atoms with Crippen molar-refractivity contribution in [3.8, 4) is 11.1 Å². The Bertz CT molecular complexity index is 850. The highest BCUT2D eigenvalue weighted by molar-refractivity contribution is 6.05. The van der Waals surface area contributed by atoms with E-state index in [0.717, 1.165) is 34.9 Å². The number of nitrogens with one attached hydrogen (secondary N) is 2. The van der Waals surface area contributed by atoms with Gasteiger partial charge in [-0.15, -0.1) is 0 Å². The van der Waals surface area contributed by atoms with Crippen molar-refractivity contribution in [2.75, 3.05) is 0 Å². The Kier molecular flexibility index (Phi) is 3.99. The van der Waals surface area contributed by atoms with Crippen molar-refractivity contribution in [1.82, 2.24) is 20.5 Å². The summed E-state index contributed by atoms with van der Waals surface area (Å²) < 4.78 is 0. The number of hydrogen-bond acceptors (Lipinski definition) is 3. The van der Waals surface area contributed by atoms with Crippen molar-refractivity contribution in [2.45, 2.75) is 38.1 Å². The molecule has 1 saturated carbocycles. The Morgan fingerprint density at radius 2 is 2.00 bits per heavy atom. The van der Waals surface area contributed by atoms with Gasteiger partial charge in [-0.2, -0.15) is 5.10 Å². The van der Waals surface area contributed by atoms with Gasteiger partial charge in [0, 0.05) is 29.4 Å². The second-order valence-electron chi connectivity index (χ2n) is 6.38. The van der Waals surface area contributed by atoms with Crippen LogP contribution < -0.4 is 5.32 Å². The van der Waals surface area contributed by atoms with Gasteiger partial charge in [0.15, 0.2) is 5.69 Å². The number of hydrogen-bond donors (Lipinski definition) is 2. The van der Waals surface area contributed by atoms with Gasteiger partial charge >= 0.3 is 0 Å². The number of carbonyl (C=O) groups is 1. The number of aromatic amines is 1. The molecule has 24 heavy (non-hydrogen) atoms. The lowest BCUT2D eigenvalue weighted by Crippen LogP contribution is -2.36. The highest BCUT2D eigenvalue weighted by Gasteiger charge is 2.20. The van der Waals surface area contributed by atoms with Crippen molar-refractivity contribution in [3.05, 3.63) is 48.4 Å². The molecule has 4 rings (SSSR count). The second kappa shape index (κ2) is 6.43. The predicted molar refractivity (Wildman–Crippen MR) is 93.7 cm³/mol. The number of carbonyl (C=O) groups excluding carboxylic acids is 1. The molecular formula is C19H20N4O. The molecule has 0 aliphatic heterocycles. The Balaban J connectivity index is 1.64. The van der Waals surface area contributed by atoms with Crippen LogP contribution >= 0.6 is 0 Å². The first-order valence-corrected chi connectivity index (χ1v) is 8.50. The molecular weight excluding hydrogens is 300 g/mol. The van der Waals surface area contributed by atoms with E-state index in [1.807, 2.05) is 36.5 Å². The topological polar surface area (TPSA) is 70.7 Å². The summed E-state index contributed by atoms with van der Waals surface area (Å²) in [5, 5.41) is 11.2. The molecule has 1 aliphatic rings. The van der Waals surface area contributed by atoms with E-state index in [1.165, 1.54) is 19.3 Å². The first-order valence-electron chi connectivity index (χ1n) is 8.50. The van der Waals surface area contributed by atoms with E-state index in [1.54, 1.807) is 6.20 Å². The maximum Gasteiger partial charge on any atom is 0.272 e. The van der Waals surface area contributed by atoms with Gasteiger partial charge < -0.3 is 5.32 Å². The molecule has 0 bridgehead atoms. The number of amides is 1. The Hall–Kier alpha value is -2.69. The second-order valence-corrected chi connectivity index (χ2v) is 6.38. The van der Waals surface area contributed by atoms with Gasteiger partial charge in [-0.1, -0.05) is 31.4 Å². The fraction of sp³-hybridized carbons (Fsp3) is 0.316. The van der Waals surface area contributed by atoms with Gasteiger partial charge in [0.25, 0.3) is 5.91 Å². The van der Waals surface area contributed by atoms with Gasteiger partial charge in [0.2, 0.25) is 0 Å². The van der Waals surface area contributed by atoms with Crippen LogP contribution in [0.3, 0.4) is 0 Å². The molecule has 122 valence electrons. The maximum absolute atomic E-state index is 12.6. The minimum Gasteiger partial charge on any atom is -0.348 e. The van der Waals surface area contributed by atoms with Gasteiger partial charge in [-0.05, 0) is 36.6 Å². The zero-order valence-electron chi connectivity index (χ0n) is 13.5. The largest absolute Gasteiger partial charge is 0.348 e. The molecule has 2 heterocycles. The first kappa shape index (κ1) is 14.9. The average molecular weight is 320 g/mol. The van der Waals surface area contributed by atoms with Crippen LogP contribution in [0.25, 0.3) is 22.0 Å². The standard InChI is InChI=1S/C19H20N4O/c24-19(21-15-6-2-1-3-7-15)18-16-11-13(8-9-17(16)22-23-18)14-5-4-10-20-12-14/h4-5,8-12,15H,1-3,6-7H2,(H,21,24)(H,22,23). The van der Waals surface area contributed by atoms with Crippen LogP contribution in [0, 0.1) is 0 Å². The summed E-state index contributed by atoms with van der Waals surface area (Å²) in [4.78, 5) is 16.8. The fourth-order valence-electron chi connectivity index (χ4n) is 3.40. The molecule has 2 aromatic heterocycles. The third kappa shape index (κ3) is 2.89. The molecule has 0 spiro atoms. The molecule has 1 fully saturated rings. The molecule has 0 saturated heterocycles. The summed E-state index contributed by atoms with van der Waals surface area (Å²) in [6, 6.07) is 10.2. The summed E-state index contributed by atoms with van der Waals surface area (Å²) in [6.07, 6.45) is 9.36. The van der Waals surface area contributed by atoms with Crippen LogP contribution in [0.1, 0.15) is 42.6 Å². The minimum atomic E-state index is -0.0866. The maximum atomic E-state index is 12.6. The smallest absolute Gasteiger partial charge is 0.272 e. The van der Waals surface area contributed by atoms with Crippen LogP contribution in [0.2, 0.25) is 0 Å². The fourth-order valence-corrected chi connectivity index (χ4v) is 3.40. The normalized spacial score (nSPS) is 15.5. The SMILES string of the molecule is O=C(NC1CCCCC1)c1n[nH]c2ccc(-c3cccnc3)cc12. The first-order chi connectivity index (χ1) is 11.8. The lowest BCUT2D eigenvalue weighted by molar-refractivity contribution is 0.0924. The summed E-state index contributed by atoms with van der Waals surface area (Å²) >= 11 is 0. The number of pyridine rings is 1.